The van der Waals surface area contributed by atoms with Gasteiger partial charge in [0.15, 0.2) is 0 Å². The molecule has 1 amide bonds. The monoisotopic (exact) mass is 254 g/mol. The van der Waals surface area contributed by atoms with Gasteiger partial charge in [-0.25, -0.2) is 0 Å². The molecule has 2 rings (SSSR count). The van der Waals surface area contributed by atoms with Gasteiger partial charge in [-0.3, -0.25) is 9.69 Å². The zero-order valence-electron chi connectivity index (χ0n) is 11.6. The second-order valence-electron chi connectivity index (χ2n) is 5.91. The number of nitrogens with zero attached hydrogens (tertiary/aromatic N) is 2. The third-order valence-corrected chi connectivity index (χ3v) is 4.34. The van der Waals surface area contributed by atoms with Crippen LogP contribution in [0.3, 0.4) is 0 Å². The molecule has 0 aromatic heterocycles. The molecule has 0 bridgehead atoms. The van der Waals surface area contributed by atoms with Crippen molar-refractivity contribution in [2.45, 2.75) is 31.3 Å². The highest BCUT2D eigenvalue weighted by Gasteiger charge is 2.29. The van der Waals surface area contributed by atoms with E-state index in [1.807, 2.05) is 0 Å². The standard InChI is InChI=1S/C13H26N4O/c1-16-5-6-17(2)12(9-16)8-15-13(18)10-3-4-11(14)7-10/h10-12H,3-9,14H2,1-2H3,(H,15,18). The van der Waals surface area contributed by atoms with Gasteiger partial charge in [0.25, 0.3) is 0 Å². The normalized spacial score (nSPS) is 34.7. The molecule has 0 radical (unpaired) electrons. The fraction of sp³-hybridized carbons (Fsp3) is 0.923. The van der Waals surface area contributed by atoms with Gasteiger partial charge in [-0.2, -0.15) is 0 Å². The second-order valence-corrected chi connectivity index (χ2v) is 5.91. The number of hydrogen-bond donors (Lipinski definition) is 2. The van der Waals surface area contributed by atoms with Gasteiger partial charge in [0.05, 0.1) is 0 Å². The van der Waals surface area contributed by atoms with Crippen molar-refractivity contribution in [1.82, 2.24) is 15.1 Å². The van der Waals surface area contributed by atoms with Crippen molar-refractivity contribution in [2.24, 2.45) is 11.7 Å². The number of likely N-dealkylation sites (N-methyl/N-ethyl adjacent to an activating group) is 2. The second kappa shape index (κ2) is 5.99. The molecule has 5 heteroatoms. The van der Waals surface area contributed by atoms with Gasteiger partial charge in [0.2, 0.25) is 5.91 Å². The first-order valence-corrected chi connectivity index (χ1v) is 6.98. The molecule has 3 atom stereocenters. The van der Waals surface area contributed by atoms with Crippen LogP contribution in [0.15, 0.2) is 0 Å². The van der Waals surface area contributed by atoms with Crippen LogP contribution >= 0.6 is 0 Å². The Morgan fingerprint density at radius 2 is 2.11 bits per heavy atom. The molecule has 0 aromatic rings. The Hall–Kier alpha value is -0.650. The number of nitrogens with one attached hydrogen (secondary N) is 1. The summed E-state index contributed by atoms with van der Waals surface area (Å²) in [4.78, 5) is 16.7. The van der Waals surface area contributed by atoms with Gasteiger partial charge in [-0.1, -0.05) is 0 Å². The lowest BCUT2D eigenvalue weighted by Gasteiger charge is -2.37. The molecule has 0 aromatic carbocycles. The van der Waals surface area contributed by atoms with E-state index in [9.17, 15) is 4.79 Å². The number of carbonyl (C=O) groups excluding carboxylic acids is 1. The van der Waals surface area contributed by atoms with Crippen molar-refractivity contribution < 1.29 is 4.79 Å². The number of nitrogens with two attached hydrogens (primary N) is 1. The summed E-state index contributed by atoms with van der Waals surface area (Å²) >= 11 is 0. The average Bonchev–Trinajstić information content (AvgIpc) is 2.77. The number of hydrogen-bond acceptors (Lipinski definition) is 4. The van der Waals surface area contributed by atoms with E-state index in [1.54, 1.807) is 0 Å². The summed E-state index contributed by atoms with van der Waals surface area (Å²) in [5.74, 6) is 0.344. The van der Waals surface area contributed by atoms with Crippen molar-refractivity contribution in [3.63, 3.8) is 0 Å². The zero-order chi connectivity index (χ0) is 13.1. The van der Waals surface area contributed by atoms with Crippen LogP contribution in [0.25, 0.3) is 0 Å². The van der Waals surface area contributed by atoms with E-state index in [-0.39, 0.29) is 17.9 Å². The Labute approximate surface area is 110 Å². The van der Waals surface area contributed by atoms with Gasteiger partial charge >= 0.3 is 0 Å². The minimum Gasteiger partial charge on any atom is -0.354 e. The van der Waals surface area contributed by atoms with Crippen LogP contribution in [0.1, 0.15) is 19.3 Å². The summed E-state index contributed by atoms with van der Waals surface area (Å²) in [6.07, 6.45) is 2.80. The zero-order valence-corrected chi connectivity index (χ0v) is 11.6. The molecular weight excluding hydrogens is 228 g/mol. The summed E-state index contributed by atoms with van der Waals surface area (Å²) < 4.78 is 0. The number of carbonyl (C=O) groups is 1. The first kappa shape index (κ1) is 13.8. The smallest absolute Gasteiger partial charge is 0.223 e. The third-order valence-electron chi connectivity index (χ3n) is 4.34. The molecular formula is C13H26N4O. The molecule has 1 saturated heterocycles. The molecule has 2 aliphatic rings. The Morgan fingerprint density at radius 3 is 2.78 bits per heavy atom. The SMILES string of the molecule is CN1CCN(C)C(CNC(=O)C2CCC(N)C2)C1. The molecule has 1 saturated carbocycles. The molecule has 18 heavy (non-hydrogen) atoms. The summed E-state index contributed by atoms with van der Waals surface area (Å²) in [5, 5.41) is 3.10. The molecule has 3 unspecified atom stereocenters. The van der Waals surface area contributed by atoms with Gasteiger partial charge in [0, 0.05) is 44.2 Å². The van der Waals surface area contributed by atoms with Crippen LogP contribution in [0.5, 0.6) is 0 Å². The predicted molar refractivity (Wildman–Crippen MR) is 72.2 cm³/mol. The van der Waals surface area contributed by atoms with E-state index in [0.29, 0.717) is 6.04 Å². The van der Waals surface area contributed by atoms with Gasteiger partial charge in [-0.05, 0) is 33.4 Å². The van der Waals surface area contributed by atoms with Crippen LogP contribution in [-0.2, 0) is 4.79 Å². The highest BCUT2D eigenvalue weighted by molar-refractivity contribution is 5.79. The van der Waals surface area contributed by atoms with E-state index in [4.69, 9.17) is 5.73 Å². The van der Waals surface area contributed by atoms with Gasteiger partial charge < -0.3 is 16.0 Å². The van der Waals surface area contributed by atoms with Crippen molar-refractivity contribution in [3.05, 3.63) is 0 Å². The molecule has 1 aliphatic heterocycles. The van der Waals surface area contributed by atoms with Crippen LogP contribution in [0, 0.1) is 5.92 Å². The van der Waals surface area contributed by atoms with E-state index < -0.39 is 0 Å². The van der Waals surface area contributed by atoms with Gasteiger partial charge in [-0.15, -0.1) is 0 Å². The molecule has 0 spiro atoms. The maximum absolute atomic E-state index is 12.0. The minimum atomic E-state index is 0.145. The molecule has 2 fully saturated rings. The van der Waals surface area contributed by atoms with Crippen molar-refractivity contribution in [2.75, 3.05) is 40.3 Å². The van der Waals surface area contributed by atoms with Crippen LogP contribution in [0.4, 0.5) is 0 Å². The van der Waals surface area contributed by atoms with E-state index >= 15 is 0 Å². The topological polar surface area (TPSA) is 61.6 Å². The largest absolute Gasteiger partial charge is 0.354 e. The summed E-state index contributed by atoms with van der Waals surface area (Å²) in [6, 6.07) is 0.659. The minimum absolute atomic E-state index is 0.145. The molecule has 104 valence electrons. The Kier molecular flexibility index (Phi) is 4.59. The summed E-state index contributed by atoms with van der Waals surface area (Å²) in [7, 11) is 4.27. The van der Waals surface area contributed by atoms with Crippen molar-refractivity contribution in [1.29, 1.82) is 0 Å². The van der Waals surface area contributed by atoms with Crippen LogP contribution in [-0.4, -0.2) is 68.1 Å². The van der Waals surface area contributed by atoms with Crippen LogP contribution in [0.2, 0.25) is 0 Å². The third kappa shape index (κ3) is 3.43. The average molecular weight is 254 g/mol. The fourth-order valence-corrected chi connectivity index (χ4v) is 2.94. The number of piperazine rings is 1. The van der Waals surface area contributed by atoms with Crippen molar-refractivity contribution in [3.8, 4) is 0 Å². The van der Waals surface area contributed by atoms with E-state index in [2.05, 4.69) is 29.2 Å². The predicted octanol–water partition coefficient (Wildman–Crippen LogP) is -0.524. The Bertz CT molecular complexity index is 297. The molecule has 1 heterocycles. The van der Waals surface area contributed by atoms with Crippen LogP contribution < -0.4 is 11.1 Å². The molecule has 1 aliphatic carbocycles. The lowest BCUT2D eigenvalue weighted by Crippen LogP contribution is -2.54. The first-order chi connectivity index (χ1) is 8.56. The summed E-state index contributed by atoms with van der Waals surface area (Å²) in [5.41, 5.74) is 5.85. The number of rotatable bonds is 3. The Balaban J connectivity index is 1.75. The Morgan fingerprint density at radius 1 is 1.33 bits per heavy atom. The first-order valence-electron chi connectivity index (χ1n) is 6.98. The van der Waals surface area contributed by atoms with Crippen molar-refractivity contribution >= 4 is 5.91 Å². The lowest BCUT2D eigenvalue weighted by molar-refractivity contribution is -0.125. The highest BCUT2D eigenvalue weighted by atomic mass is 16.1. The quantitative estimate of drug-likeness (QED) is 0.711. The highest BCUT2D eigenvalue weighted by Crippen LogP contribution is 2.24. The molecule has 5 nitrogen and oxygen atoms in total. The fourth-order valence-electron chi connectivity index (χ4n) is 2.94. The van der Waals surface area contributed by atoms with Gasteiger partial charge in [0.1, 0.15) is 0 Å². The van der Waals surface area contributed by atoms with E-state index in [1.165, 1.54) is 0 Å². The summed E-state index contributed by atoms with van der Waals surface area (Å²) in [6.45, 7) is 3.97. The maximum atomic E-state index is 12.0. The van der Waals surface area contributed by atoms with E-state index in [0.717, 1.165) is 45.4 Å². The maximum Gasteiger partial charge on any atom is 0.223 e. The molecule has 3 N–H and O–H groups in total. The number of amides is 1. The lowest BCUT2D eigenvalue weighted by atomic mass is 10.1.